The number of methoxy groups -OCH3 is 1. The molecule has 0 radical (unpaired) electrons. The highest BCUT2D eigenvalue weighted by Crippen LogP contribution is 2.11. The molecule has 4 heteroatoms. The quantitative estimate of drug-likeness (QED) is 0.273. The molecule has 23 heavy (non-hydrogen) atoms. The highest BCUT2D eigenvalue weighted by Gasteiger charge is 1.98. The van der Waals surface area contributed by atoms with Gasteiger partial charge in [-0.05, 0) is 6.42 Å². The fourth-order valence-corrected chi connectivity index (χ4v) is 2.45. The van der Waals surface area contributed by atoms with Crippen LogP contribution in [0.2, 0.25) is 0 Å². The molecule has 0 aromatic heterocycles. The molecule has 134 valence electrons. The lowest BCUT2D eigenvalue weighted by atomic mass is 10.1. The van der Waals surface area contributed by atoms with Gasteiger partial charge in [0, 0.05) is 18.7 Å². The van der Waals surface area contributed by atoms with Crippen molar-refractivity contribution in [1.29, 1.82) is 0 Å². The molecule has 0 aromatic rings. The summed E-state index contributed by atoms with van der Waals surface area (Å²) in [6, 6.07) is 0. The van der Waals surface area contributed by atoms with Crippen LogP contribution in [0.15, 0.2) is 12.2 Å². The smallest absolute Gasteiger partial charge is 0.330 e. The van der Waals surface area contributed by atoms with Gasteiger partial charge in [-0.15, -0.1) is 0 Å². The van der Waals surface area contributed by atoms with Gasteiger partial charge in [0.15, 0.2) is 0 Å². The van der Waals surface area contributed by atoms with E-state index in [1.54, 1.807) is 0 Å². The molecule has 0 spiro atoms. The first-order valence-electron chi connectivity index (χ1n) is 9.24. The van der Waals surface area contributed by atoms with E-state index in [9.17, 15) is 9.59 Å². The van der Waals surface area contributed by atoms with Crippen LogP contribution in [0, 0.1) is 0 Å². The van der Waals surface area contributed by atoms with E-state index >= 15 is 0 Å². The molecular formula is C19H35NO3. The van der Waals surface area contributed by atoms with Gasteiger partial charge < -0.3 is 10.1 Å². The van der Waals surface area contributed by atoms with Gasteiger partial charge in [-0.2, -0.15) is 0 Å². The summed E-state index contributed by atoms with van der Waals surface area (Å²) in [5.41, 5.74) is 0. The van der Waals surface area contributed by atoms with E-state index in [-0.39, 0.29) is 5.91 Å². The van der Waals surface area contributed by atoms with Crippen LogP contribution >= 0.6 is 0 Å². The Kier molecular flexibility index (Phi) is 16.1. The molecule has 1 N–H and O–H groups in total. The number of nitrogens with one attached hydrogen (secondary N) is 1. The van der Waals surface area contributed by atoms with Gasteiger partial charge >= 0.3 is 5.97 Å². The van der Waals surface area contributed by atoms with Crippen LogP contribution in [-0.2, 0) is 14.3 Å². The number of unbranched alkanes of at least 4 members (excludes halogenated alkanes) is 11. The van der Waals surface area contributed by atoms with Crippen molar-refractivity contribution in [3.05, 3.63) is 12.2 Å². The van der Waals surface area contributed by atoms with Gasteiger partial charge in [0.2, 0.25) is 5.91 Å². The number of esters is 1. The van der Waals surface area contributed by atoms with E-state index < -0.39 is 5.97 Å². The molecule has 0 atom stereocenters. The molecule has 0 rings (SSSR count). The highest BCUT2D eigenvalue weighted by atomic mass is 16.5. The van der Waals surface area contributed by atoms with Crippen molar-refractivity contribution in [2.24, 2.45) is 0 Å². The van der Waals surface area contributed by atoms with Crippen molar-refractivity contribution in [2.45, 2.75) is 84.0 Å². The second kappa shape index (κ2) is 17.0. The second-order valence-corrected chi connectivity index (χ2v) is 6.04. The molecule has 0 fully saturated rings. The predicted octanol–water partition coefficient (Wildman–Crippen LogP) is 4.53. The maximum atomic E-state index is 11.4. The zero-order valence-electron chi connectivity index (χ0n) is 15.1. The largest absolute Gasteiger partial charge is 0.466 e. The first-order valence-corrected chi connectivity index (χ1v) is 9.24. The lowest BCUT2D eigenvalue weighted by molar-refractivity contribution is -0.135. The van der Waals surface area contributed by atoms with Crippen molar-refractivity contribution < 1.29 is 14.3 Å². The summed E-state index contributed by atoms with van der Waals surface area (Å²) in [4.78, 5) is 22.2. The van der Waals surface area contributed by atoms with Crippen LogP contribution in [0.4, 0.5) is 0 Å². The minimum atomic E-state index is -0.509. The highest BCUT2D eigenvalue weighted by molar-refractivity contribution is 5.94. The number of rotatable bonds is 15. The van der Waals surface area contributed by atoms with E-state index in [4.69, 9.17) is 0 Å². The van der Waals surface area contributed by atoms with Gasteiger partial charge in [-0.3, -0.25) is 4.79 Å². The molecule has 1 amide bonds. The summed E-state index contributed by atoms with van der Waals surface area (Å²) in [6.07, 6.45) is 18.0. The maximum absolute atomic E-state index is 11.4. The van der Waals surface area contributed by atoms with Crippen LogP contribution < -0.4 is 5.32 Å². The minimum Gasteiger partial charge on any atom is -0.466 e. The topological polar surface area (TPSA) is 55.4 Å². The Morgan fingerprint density at radius 2 is 1.26 bits per heavy atom. The SMILES string of the molecule is CCCCCCCCCCCCCCNC(=O)/C=C/C(=O)OC. The molecule has 4 nitrogen and oxygen atoms in total. The molecule has 0 bridgehead atoms. The summed E-state index contributed by atoms with van der Waals surface area (Å²) < 4.78 is 4.42. The fraction of sp³-hybridized carbons (Fsp3) is 0.789. The summed E-state index contributed by atoms with van der Waals surface area (Å²) in [5.74, 6) is -0.746. The van der Waals surface area contributed by atoms with Gasteiger partial charge in [-0.1, -0.05) is 77.6 Å². The van der Waals surface area contributed by atoms with Crippen LogP contribution in [0.25, 0.3) is 0 Å². The predicted molar refractivity (Wildman–Crippen MR) is 95.2 cm³/mol. The summed E-state index contributed by atoms with van der Waals surface area (Å²) in [7, 11) is 1.29. The first-order chi connectivity index (χ1) is 11.2. The zero-order valence-corrected chi connectivity index (χ0v) is 15.1. The Bertz CT molecular complexity index is 327. The lowest BCUT2D eigenvalue weighted by Gasteiger charge is -2.03. The fourth-order valence-electron chi connectivity index (χ4n) is 2.45. The summed E-state index contributed by atoms with van der Waals surface area (Å²) in [6.45, 7) is 2.92. The third-order valence-corrected chi connectivity index (χ3v) is 3.90. The Hall–Kier alpha value is -1.32. The van der Waals surface area contributed by atoms with E-state index in [0.717, 1.165) is 18.9 Å². The third-order valence-electron chi connectivity index (χ3n) is 3.90. The Balaban J connectivity index is 3.23. The second-order valence-electron chi connectivity index (χ2n) is 6.04. The number of carbonyl (C=O) groups is 2. The van der Waals surface area contributed by atoms with Crippen LogP contribution in [-0.4, -0.2) is 25.5 Å². The first kappa shape index (κ1) is 21.7. The number of hydrogen-bond acceptors (Lipinski definition) is 3. The molecule has 0 saturated heterocycles. The Morgan fingerprint density at radius 3 is 1.74 bits per heavy atom. The maximum Gasteiger partial charge on any atom is 0.330 e. The van der Waals surface area contributed by atoms with Crippen molar-refractivity contribution >= 4 is 11.9 Å². The summed E-state index contributed by atoms with van der Waals surface area (Å²) >= 11 is 0. The van der Waals surface area contributed by atoms with Crippen molar-refractivity contribution in [3.8, 4) is 0 Å². The zero-order chi connectivity index (χ0) is 17.2. The minimum absolute atomic E-state index is 0.238. The van der Waals surface area contributed by atoms with Gasteiger partial charge in [0.05, 0.1) is 7.11 Å². The average molecular weight is 325 g/mol. The summed E-state index contributed by atoms with van der Waals surface area (Å²) in [5, 5.41) is 2.76. The Morgan fingerprint density at radius 1 is 0.783 bits per heavy atom. The van der Waals surface area contributed by atoms with Crippen molar-refractivity contribution in [2.75, 3.05) is 13.7 Å². The number of ether oxygens (including phenoxy) is 1. The van der Waals surface area contributed by atoms with E-state index in [1.807, 2.05) is 0 Å². The third kappa shape index (κ3) is 16.9. The number of carbonyl (C=O) groups excluding carboxylic acids is 2. The molecule has 0 unspecified atom stereocenters. The lowest BCUT2D eigenvalue weighted by Crippen LogP contribution is -2.22. The van der Waals surface area contributed by atoms with Crippen LogP contribution in [0.1, 0.15) is 84.0 Å². The van der Waals surface area contributed by atoms with E-state index in [0.29, 0.717) is 6.54 Å². The van der Waals surface area contributed by atoms with E-state index in [1.165, 1.54) is 77.4 Å². The molecule has 0 aliphatic carbocycles. The average Bonchev–Trinajstić information content (AvgIpc) is 2.56. The molecular weight excluding hydrogens is 290 g/mol. The standard InChI is InChI=1S/C19H35NO3/c1-3-4-5-6-7-8-9-10-11-12-13-14-17-20-18(21)15-16-19(22)23-2/h15-16H,3-14,17H2,1-2H3,(H,20,21)/b16-15+. The Labute approximate surface area is 142 Å². The molecule has 0 saturated carbocycles. The molecule has 0 aliphatic rings. The van der Waals surface area contributed by atoms with Crippen molar-refractivity contribution in [1.82, 2.24) is 5.32 Å². The van der Waals surface area contributed by atoms with Crippen molar-refractivity contribution in [3.63, 3.8) is 0 Å². The van der Waals surface area contributed by atoms with Crippen LogP contribution in [0.3, 0.4) is 0 Å². The van der Waals surface area contributed by atoms with E-state index in [2.05, 4.69) is 17.0 Å². The van der Waals surface area contributed by atoms with Gasteiger partial charge in [0.1, 0.15) is 0 Å². The van der Waals surface area contributed by atoms with Crippen LogP contribution in [0.5, 0.6) is 0 Å². The number of hydrogen-bond donors (Lipinski definition) is 1. The monoisotopic (exact) mass is 325 g/mol. The normalized spacial score (nSPS) is 10.9. The van der Waals surface area contributed by atoms with Gasteiger partial charge in [-0.25, -0.2) is 4.79 Å². The van der Waals surface area contributed by atoms with Gasteiger partial charge in [0.25, 0.3) is 0 Å². The number of amides is 1. The molecule has 0 aromatic carbocycles. The molecule has 0 heterocycles. The molecule has 0 aliphatic heterocycles.